The molecule has 1 N–H and O–H groups in total. The van der Waals surface area contributed by atoms with Crippen molar-refractivity contribution in [2.24, 2.45) is 0 Å². The summed E-state index contributed by atoms with van der Waals surface area (Å²) in [4.78, 5) is 26.5. The predicted octanol–water partition coefficient (Wildman–Crippen LogP) is 4.01. The molecule has 2 aliphatic heterocycles. The first-order chi connectivity index (χ1) is 12.5. The van der Waals surface area contributed by atoms with Gasteiger partial charge in [0.1, 0.15) is 16.7 Å². The molecule has 4 nitrogen and oxygen atoms in total. The lowest BCUT2D eigenvalue weighted by Crippen LogP contribution is -2.48. The Morgan fingerprint density at radius 1 is 1.27 bits per heavy atom. The Kier molecular flexibility index (Phi) is 4.40. The van der Waals surface area contributed by atoms with Crippen LogP contribution >= 0.6 is 23.4 Å². The molecule has 2 aromatic rings. The second-order valence-electron chi connectivity index (χ2n) is 6.35. The Morgan fingerprint density at radius 3 is 2.77 bits per heavy atom. The van der Waals surface area contributed by atoms with Gasteiger partial charge in [-0.15, -0.1) is 11.8 Å². The van der Waals surface area contributed by atoms with Gasteiger partial charge in [0.15, 0.2) is 0 Å². The lowest BCUT2D eigenvalue weighted by Gasteiger charge is -2.34. The number of nitrogens with zero attached hydrogens (tertiary/aromatic N) is 1. The van der Waals surface area contributed by atoms with Crippen molar-refractivity contribution in [2.45, 2.75) is 23.8 Å². The van der Waals surface area contributed by atoms with Gasteiger partial charge < -0.3 is 10.2 Å². The van der Waals surface area contributed by atoms with Crippen LogP contribution in [0.2, 0.25) is 5.02 Å². The van der Waals surface area contributed by atoms with Gasteiger partial charge in [-0.1, -0.05) is 41.9 Å². The van der Waals surface area contributed by atoms with Crippen molar-refractivity contribution in [2.75, 3.05) is 11.1 Å². The fraction of sp³-hybridized carbons (Fsp3) is 0.263. The average Bonchev–Trinajstić information content (AvgIpc) is 3.18. The van der Waals surface area contributed by atoms with Crippen LogP contribution in [0.4, 0.5) is 10.1 Å². The van der Waals surface area contributed by atoms with Crippen LogP contribution in [0.15, 0.2) is 48.5 Å². The molecule has 0 bridgehead atoms. The quantitative estimate of drug-likeness (QED) is 0.861. The Labute approximate surface area is 159 Å². The highest BCUT2D eigenvalue weighted by atomic mass is 35.5. The molecular weight excluding hydrogens is 375 g/mol. The number of thioether (sulfide) groups is 1. The number of rotatable bonds is 3. The molecule has 2 heterocycles. The number of anilines is 1. The minimum absolute atomic E-state index is 0.0458. The van der Waals surface area contributed by atoms with Gasteiger partial charge >= 0.3 is 0 Å². The Balaban J connectivity index is 1.62. The Bertz CT molecular complexity index is 879. The Hall–Kier alpha value is -2.05. The molecule has 0 aromatic heterocycles. The topological polar surface area (TPSA) is 49.4 Å². The molecule has 26 heavy (non-hydrogen) atoms. The van der Waals surface area contributed by atoms with Gasteiger partial charge in [-0.3, -0.25) is 9.59 Å². The SMILES string of the molecule is O=C(Nc1ccc(Cl)cc1F)[C@@H]1CS[C@]2(c3ccccc3)CCC(=O)N12. The molecule has 134 valence electrons. The third kappa shape index (κ3) is 2.77. The third-order valence-electron chi connectivity index (χ3n) is 4.84. The summed E-state index contributed by atoms with van der Waals surface area (Å²) in [5, 5.41) is 2.86. The number of fused-ring (bicyclic) bond motifs is 1. The maximum atomic E-state index is 14.0. The minimum atomic E-state index is -0.634. The third-order valence-corrected chi connectivity index (χ3v) is 6.68. The summed E-state index contributed by atoms with van der Waals surface area (Å²) < 4.78 is 14.0. The molecule has 0 aliphatic carbocycles. The van der Waals surface area contributed by atoms with Crippen LogP contribution in [0.25, 0.3) is 0 Å². The fourth-order valence-electron chi connectivity index (χ4n) is 3.64. The Morgan fingerprint density at radius 2 is 2.04 bits per heavy atom. The van der Waals surface area contributed by atoms with E-state index in [2.05, 4.69) is 5.32 Å². The standard InChI is InChI=1S/C19H16ClFN2O2S/c20-13-6-7-15(14(21)10-13)22-18(25)16-11-26-19(9-8-17(24)23(16)19)12-4-2-1-3-5-12/h1-7,10,16H,8-9,11H2,(H,22,25)/t16-,19-/m0/s1. The first-order valence-electron chi connectivity index (χ1n) is 8.29. The summed E-state index contributed by atoms with van der Waals surface area (Å²) in [5.74, 6) is -0.553. The molecule has 0 saturated carbocycles. The molecule has 4 rings (SSSR count). The second kappa shape index (κ2) is 6.59. The highest BCUT2D eigenvalue weighted by Crippen LogP contribution is 2.54. The largest absolute Gasteiger partial charge is 0.322 e. The van der Waals surface area contributed by atoms with Gasteiger partial charge in [0.05, 0.1) is 5.69 Å². The van der Waals surface area contributed by atoms with E-state index in [1.165, 1.54) is 12.1 Å². The smallest absolute Gasteiger partial charge is 0.248 e. The fourth-order valence-corrected chi connectivity index (χ4v) is 5.45. The molecule has 2 amide bonds. The molecule has 2 saturated heterocycles. The number of hydrogen-bond donors (Lipinski definition) is 1. The van der Waals surface area contributed by atoms with Crippen LogP contribution in [-0.4, -0.2) is 28.5 Å². The number of carbonyl (C=O) groups excluding carboxylic acids is 2. The molecule has 7 heteroatoms. The lowest BCUT2D eigenvalue weighted by molar-refractivity contribution is -0.136. The number of halogens is 2. The van der Waals surface area contributed by atoms with Gasteiger partial charge in [0, 0.05) is 17.2 Å². The monoisotopic (exact) mass is 390 g/mol. The van der Waals surface area contributed by atoms with E-state index in [-0.39, 0.29) is 22.5 Å². The zero-order valence-electron chi connectivity index (χ0n) is 13.7. The van der Waals surface area contributed by atoms with E-state index in [4.69, 9.17) is 11.6 Å². The van der Waals surface area contributed by atoms with Crippen LogP contribution < -0.4 is 5.32 Å². The van der Waals surface area contributed by atoms with Crippen LogP contribution in [0, 0.1) is 5.82 Å². The predicted molar refractivity (Wildman–Crippen MR) is 100 cm³/mol. The van der Waals surface area contributed by atoms with E-state index in [1.54, 1.807) is 16.7 Å². The van der Waals surface area contributed by atoms with Gasteiger partial charge in [-0.25, -0.2) is 4.39 Å². The first-order valence-corrected chi connectivity index (χ1v) is 9.65. The summed E-state index contributed by atoms with van der Waals surface area (Å²) in [7, 11) is 0. The summed E-state index contributed by atoms with van der Waals surface area (Å²) in [6.07, 6.45) is 1.07. The molecule has 0 radical (unpaired) electrons. The number of hydrogen-bond acceptors (Lipinski definition) is 3. The van der Waals surface area contributed by atoms with E-state index >= 15 is 0 Å². The van der Waals surface area contributed by atoms with Crippen molar-refractivity contribution in [3.05, 3.63) is 64.9 Å². The van der Waals surface area contributed by atoms with E-state index in [9.17, 15) is 14.0 Å². The molecule has 0 spiro atoms. The van der Waals surface area contributed by atoms with Crippen LogP contribution in [0.3, 0.4) is 0 Å². The van der Waals surface area contributed by atoms with E-state index in [0.29, 0.717) is 18.6 Å². The zero-order chi connectivity index (χ0) is 18.3. The van der Waals surface area contributed by atoms with Crippen LogP contribution in [0.5, 0.6) is 0 Å². The summed E-state index contributed by atoms with van der Waals surface area (Å²) in [6.45, 7) is 0. The second-order valence-corrected chi connectivity index (χ2v) is 8.09. The van der Waals surface area contributed by atoms with Gasteiger partial charge in [0.25, 0.3) is 0 Å². The van der Waals surface area contributed by atoms with Gasteiger partial charge in [0.2, 0.25) is 11.8 Å². The maximum absolute atomic E-state index is 14.0. The summed E-state index contributed by atoms with van der Waals surface area (Å²) in [5.41, 5.74) is 1.08. The number of nitrogens with one attached hydrogen (secondary N) is 1. The van der Waals surface area contributed by atoms with Gasteiger partial charge in [-0.2, -0.15) is 0 Å². The molecule has 2 atom stereocenters. The van der Waals surface area contributed by atoms with E-state index in [1.807, 2.05) is 30.3 Å². The van der Waals surface area contributed by atoms with Crippen LogP contribution in [-0.2, 0) is 14.5 Å². The van der Waals surface area contributed by atoms with Crippen molar-refractivity contribution < 1.29 is 14.0 Å². The summed E-state index contributed by atoms with van der Waals surface area (Å²) >= 11 is 7.35. The van der Waals surface area contributed by atoms with Gasteiger partial charge in [-0.05, 0) is 30.2 Å². The van der Waals surface area contributed by atoms with Crippen LogP contribution in [0.1, 0.15) is 18.4 Å². The molecule has 2 fully saturated rings. The average molecular weight is 391 g/mol. The van der Waals surface area contributed by atoms with Crippen molar-refractivity contribution >= 4 is 40.9 Å². The zero-order valence-corrected chi connectivity index (χ0v) is 15.3. The van der Waals surface area contributed by atoms with Crippen molar-refractivity contribution in [3.8, 4) is 0 Å². The number of carbonyl (C=O) groups is 2. The summed E-state index contributed by atoms with van der Waals surface area (Å²) in [6, 6.07) is 13.2. The number of benzene rings is 2. The lowest BCUT2D eigenvalue weighted by atomic mass is 10.0. The van der Waals surface area contributed by atoms with E-state index in [0.717, 1.165) is 11.6 Å². The molecule has 2 aliphatic rings. The van der Waals surface area contributed by atoms with E-state index < -0.39 is 16.7 Å². The first kappa shape index (κ1) is 17.4. The van der Waals surface area contributed by atoms with Crippen molar-refractivity contribution in [1.82, 2.24) is 4.90 Å². The normalized spacial score (nSPS) is 24.6. The maximum Gasteiger partial charge on any atom is 0.248 e. The van der Waals surface area contributed by atoms with Crippen molar-refractivity contribution in [3.63, 3.8) is 0 Å². The number of amides is 2. The highest BCUT2D eigenvalue weighted by Gasteiger charge is 2.56. The minimum Gasteiger partial charge on any atom is -0.322 e. The molecule has 0 unspecified atom stereocenters. The highest BCUT2D eigenvalue weighted by molar-refractivity contribution is 8.00. The molecule has 2 aromatic carbocycles. The van der Waals surface area contributed by atoms with Crippen molar-refractivity contribution in [1.29, 1.82) is 0 Å². The molecular formula is C19H16ClFN2O2S.